The monoisotopic (exact) mass is 375 g/mol. The van der Waals surface area contributed by atoms with Crippen molar-refractivity contribution in [2.24, 2.45) is 11.3 Å². The molecule has 0 spiro atoms. The van der Waals surface area contributed by atoms with Gasteiger partial charge in [0.25, 0.3) is 0 Å². The van der Waals surface area contributed by atoms with Crippen LogP contribution in [0, 0.1) is 18.3 Å². The lowest BCUT2D eigenvalue weighted by Gasteiger charge is -2.51. The topological polar surface area (TPSA) is 23.5 Å². The van der Waals surface area contributed by atoms with Crippen molar-refractivity contribution in [1.29, 1.82) is 0 Å². The summed E-state index contributed by atoms with van der Waals surface area (Å²) < 4.78 is 0. The van der Waals surface area contributed by atoms with Crippen LogP contribution in [0.15, 0.2) is 60.2 Å². The van der Waals surface area contributed by atoms with Crippen molar-refractivity contribution in [1.82, 2.24) is 4.90 Å². The van der Waals surface area contributed by atoms with E-state index in [1.807, 2.05) is 0 Å². The second-order valence-electron chi connectivity index (χ2n) is 8.87. The summed E-state index contributed by atoms with van der Waals surface area (Å²) >= 11 is 0. The van der Waals surface area contributed by atoms with E-state index in [4.69, 9.17) is 0 Å². The summed E-state index contributed by atoms with van der Waals surface area (Å²) in [4.78, 5) is 2.62. The number of piperidine rings is 1. The third-order valence-corrected chi connectivity index (χ3v) is 6.71. The third-order valence-electron chi connectivity index (χ3n) is 6.71. The van der Waals surface area contributed by atoms with Crippen molar-refractivity contribution >= 4 is 6.08 Å². The van der Waals surface area contributed by atoms with Crippen LogP contribution in [-0.4, -0.2) is 36.2 Å². The maximum Gasteiger partial charge on any atom is 0.0537 e. The summed E-state index contributed by atoms with van der Waals surface area (Å²) in [6.45, 7) is 5.71. The molecule has 1 aliphatic heterocycles. The van der Waals surface area contributed by atoms with Crippen molar-refractivity contribution in [2.45, 2.75) is 39.0 Å². The molecule has 1 saturated heterocycles. The first-order valence-electron chi connectivity index (χ1n) is 10.8. The molecule has 1 N–H and O–H groups in total. The van der Waals surface area contributed by atoms with E-state index in [0.29, 0.717) is 5.92 Å². The quantitative estimate of drug-likeness (QED) is 0.759. The van der Waals surface area contributed by atoms with E-state index < -0.39 is 0 Å². The molecule has 0 aromatic heterocycles. The molecule has 2 heteroatoms. The number of aliphatic hydroxyl groups is 1. The highest BCUT2D eigenvalue weighted by molar-refractivity contribution is 5.57. The van der Waals surface area contributed by atoms with Gasteiger partial charge in [-0.2, -0.15) is 0 Å². The van der Waals surface area contributed by atoms with Gasteiger partial charge in [-0.25, -0.2) is 0 Å². The molecule has 1 aliphatic carbocycles. The van der Waals surface area contributed by atoms with Crippen molar-refractivity contribution in [3.63, 3.8) is 0 Å². The van der Waals surface area contributed by atoms with Crippen molar-refractivity contribution in [2.75, 3.05) is 26.2 Å². The van der Waals surface area contributed by atoms with E-state index in [9.17, 15) is 5.11 Å². The third kappa shape index (κ3) is 4.24. The fourth-order valence-corrected chi connectivity index (χ4v) is 5.34. The molecule has 2 atom stereocenters. The van der Waals surface area contributed by atoms with Crippen LogP contribution in [0.25, 0.3) is 6.08 Å². The molecule has 28 heavy (non-hydrogen) atoms. The Morgan fingerprint density at radius 3 is 2.79 bits per heavy atom. The average molecular weight is 376 g/mol. The molecular weight excluding hydrogens is 342 g/mol. The van der Waals surface area contributed by atoms with Crippen LogP contribution in [0.4, 0.5) is 0 Å². The summed E-state index contributed by atoms with van der Waals surface area (Å²) in [6, 6.07) is 19.6. The molecule has 1 heterocycles. The van der Waals surface area contributed by atoms with Crippen molar-refractivity contribution < 1.29 is 5.11 Å². The number of aryl methyl sites for hydroxylation is 2. The van der Waals surface area contributed by atoms with E-state index in [-0.39, 0.29) is 12.0 Å². The molecule has 2 nitrogen and oxygen atoms in total. The molecule has 4 rings (SSSR count). The number of likely N-dealkylation sites (tertiary alicyclic amines) is 1. The highest BCUT2D eigenvalue weighted by Gasteiger charge is 2.45. The van der Waals surface area contributed by atoms with Gasteiger partial charge in [0.2, 0.25) is 0 Å². The van der Waals surface area contributed by atoms with Gasteiger partial charge in [0.1, 0.15) is 0 Å². The van der Waals surface area contributed by atoms with Crippen LogP contribution >= 0.6 is 0 Å². The molecule has 2 aliphatic rings. The van der Waals surface area contributed by atoms with Gasteiger partial charge in [-0.1, -0.05) is 78.2 Å². The van der Waals surface area contributed by atoms with E-state index in [2.05, 4.69) is 72.5 Å². The number of rotatable bonds is 6. The van der Waals surface area contributed by atoms with Gasteiger partial charge in [-0.15, -0.1) is 0 Å². The molecule has 2 aromatic carbocycles. The van der Waals surface area contributed by atoms with Crippen molar-refractivity contribution in [3.8, 4) is 0 Å². The lowest BCUT2D eigenvalue weighted by molar-refractivity contribution is 0.0253. The minimum absolute atomic E-state index is 0.0440. The number of aliphatic hydroxyl groups excluding tert-OH is 1. The van der Waals surface area contributed by atoms with Gasteiger partial charge in [0.05, 0.1) is 6.61 Å². The Morgan fingerprint density at radius 1 is 1.14 bits per heavy atom. The SMILES string of the molecule is Cc1cccc(C=C2[C@@H]3CCC[C@@]2(CO)CN(CCCc2ccccc2)C3)c1. The fourth-order valence-electron chi connectivity index (χ4n) is 5.34. The number of nitrogens with zero attached hydrogens (tertiary/aromatic N) is 1. The van der Waals surface area contributed by atoms with Gasteiger partial charge < -0.3 is 10.0 Å². The standard InChI is InChI=1S/C26H33NO/c1-21-8-5-11-23(16-21)17-25-24-13-6-14-26(25,20-28)19-27(18-24)15-7-12-22-9-3-2-4-10-22/h2-5,8-11,16-17,24,28H,6-7,12-15,18-20H2,1H3/t24-,26+/m1/s1. The minimum atomic E-state index is -0.0440. The number of hydrogen-bond donors (Lipinski definition) is 1. The first-order chi connectivity index (χ1) is 13.7. The molecule has 148 valence electrons. The van der Waals surface area contributed by atoms with Gasteiger partial charge in [0.15, 0.2) is 0 Å². The Balaban J connectivity index is 1.48. The second kappa shape index (κ2) is 8.63. The Hall–Kier alpha value is -1.90. The Kier molecular flexibility index (Phi) is 5.99. The number of hydrogen-bond acceptors (Lipinski definition) is 2. The average Bonchev–Trinajstić information content (AvgIpc) is 2.69. The highest BCUT2D eigenvalue weighted by atomic mass is 16.3. The lowest BCUT2D eigenvalue weighted by Crippen LogP contribution is -2.53. The summed E-state index contributed by atoms with van der Waals surface area (Å²) in [5.74, 6) is 0.590. The maximum absolute atomic E-state index is 10.4. The maximum atomic E-state index is 10.4. The number of fused-ring (bicyclic) bond motifs is 2. The minimum Gasteiger partial charge on any atom is -0.395 e. The fraction of sp³-hybridized carbons (Fsp3) is 0.462. The van der Waals surface area contributed by atoms with E-state index in [1.165, 1.54) is 41.5 Å². The van der Waals surface area contributed by atoms with Crippen LogP contribution in [0.2, 0.25) is 0 Å². The van der Waals surface area contributed by atoms with Gasteiger partial charge >= 0.3 is 0 Å². The summed E-state index contributed by atoms with van der Waals surface area (Å²) in [6.07, 6.45) is 8.35. The zero-order valence-corrected chi connectivity index (χ0v) is 17.1. The predicted molar refractivity (Wildman–Crippen MR) is 117 cm³/mol. The van der Waals surface area contributed by atoms with Gasteiger partial charge in [-0.05, 0) is 56.2 Å². The summed E-state index contributed by atoms with van der Waals surface area (Å²) in [5, 5.41) is 10.4. The summed E-state index contributed by atoms with van der Waals surface area (Å²) in [7, 11) is 0. The van der Waals surface area contributed by atoms with E-state index in [0.717, 1.165) is 32.5 Å². The highest BCUT2D eigenvalue weighted by Crippen LogP contribution is 2.48. The normalized spacial score (nSPS) is 26.5. The molecule has 2 aromatic rings. The Morgan fingerprint density at radius 2 is 2.00 bits per heavy atom. The Labute approximate surface area is 169 Å². The molecular formula is C26H33NO. The smallest absolute Gasteiger partial charge is 0.0537 e. The molecule has 1 saturated carbocycles. The van der Waals surface area contributed by atoms with Crippen LogP contribution < -0.4 is 0 Å². The zero-order valence-electron chi connectivity index (χ0n) is 17.1. The lowest BCUT2D eigenvalue weighted by atomic mass is 9.62. The summed E-state index contributed by atoms with van der Waals surface area (Å²) in [5.41, 5.74) is 5.48. The predicted octanol–water partition coefficient (Wildman–Crippen LogP) is 5.11. The molecule has 0 amide bonds. The molecule has 0 unspecified atom stereocenters. The van der Waals surface area contributed by atoms with Crippen LogP contribution in [0.3, 0.4) is 0 Å². The van der Waals surface area contributed by atoms with E-state index in [1.54, 1.807) is 0 Å². The van der Waals surface area contributed by atoms with E-state index >= 15 is 0 Å². The van der Waals surface area contributed by atoms with Crippen LogP contribution in [-0.2, 0) is 6.42 Å². The molecule has 0 radical (unpaired) electrons. The largest absolute Gasteiger partial charge is 0.395 e. The molecule has 2 bridgehead atoms. The van der Waals surface area contributed by atoms with Gasteiger partial charge in [-0.3, -0.25) is 0 Å². The van der Waals surface area contributed by atoms with Gasteiger partial charge in [0, 0.05) is 18.5 Å². The first kappa shape index (κ1) is 19.4. The first-order valence-corrected chi connectivity index (χ1v) is 10.8. The van der Waals surface area contributed by atoms with Crippen LogP contribution in [0.1, 0.15) is 42.4 Å². The Bertz CT molecular complexity index is 812. The molecule has 2 fully saturated rings. The number of benzene rings is 2. The zero-order chi connectivity index (χ0) is 19.4. The van der Waals surface area contributed by atoms with Crippen molar-refractivity contribution in [3.05, 3.63) is 76.9 Å². The van der Waals surface area contributed by atoms with Crippen LogP contribution in [0.5, 0.6) is 0 Å². The second-order valence-corrected chi connectivity index (χ2v) is 8.87.